The molecule has 4 aromatic rings. The molecule has 1 amide bonds. The Bertz CT molecular complexity index is 1100. The number of nitrogens with one attached hydrogen (secondary N) is 1. The number of nitrogens with zero attached hydrogens (tertiary/aromatic N) is 3. The Balaban J connectivity index is 1.48. The third-order valence-corrected chi connectivity index (χ3v) is 4.52. The molecule has 2 aromatic carbocycles. The zero-order chi connectivity index (χ0) is 18.8. The summed E-state index contributed by atoms with van der Waals surface area (Å²) in [7, 11) is 0. The molecule has 2 heterocycles. The standard InChI is InChI=1S/C19H13FN4O2S/c1-11-21-18(26-24-11)13-7-5-12(6-8-13)17(25)23-19-22-16(10-27-19)14-3-2-4-15(20)9-14/h2-10H,1H3,(H,22,23,25). The molecule has 0 spiro atoms. The highest BCUT2D eigenvalue weighted by molar-refractivity contribution is 7.14. The van der Waals surface area contributed by atoms with Gasteiger partial charge in [0.15, 0.2) is 11.0 Å². The second kappa shape index (κ2) is 7.08. The van der Waals surface area contributed by atoms with E-state index in [1.807, 2.05) is 0 Å². The Morgan fingerprint density at radius 2 is 1.93 bits per heavy atom. The molecule has 4 rings (SSSR count). The number of thiazole rings is 1. The predicted octanol–water partition coefficient (Wildman–Crippen LogP) is 4.56. The van der Waals surface area contributed by atoms with Crippen LogP contribution < -0.4 is 5.32 Å². The maximum Gasteiger partial charge on any atom is 0.257 e. The van der Waals surface area contributed by atoms with Crippen LogP contribution in [0.2, 0.25) is 0 Å². The van der Waals surface area contributed by atoms with Gasteiger partial charge in [-0.3, -0.25) is 10.1 Å². The van der Waals surface area contributed by atoms with Crippen molar-refractivity contribution in [1.29, 1.82) is 0 Å². The second-order valence-electron chi connectivity index (χ2n) is 5.73. The molecule has 0 atom stereocenters. The highest BCUT2D eigenvalue weighted by atomic mass is 32.1. The van der Waals surface area contributed by atoms with Crippen molar-refractivity contribution in [3.8, 4) is 22.7 Å². The molecule has 0 saturated carbocycles. The third kappa shape index (κ3) is 3.75. The monoisotopic (exact) mass is 380 g/mol. The normalized spacial score (nSPS) is 10.7. The summed E-state index contributed by atoms with van der Waals surface area (Å²) in [5, 5.41) is 8.70. The first-order chi connectivity index (χ1) is 13.1. The number of hydrogen-bond donors (Lipinski definition) is 1. The number of carbonyl (C=O) groups is 1. The summed E-state index contributed by atoms with van der Waals surface area (Å²) < 4.78 is 18.4. The Morgan fingerprint density at radius 3 is 2.63 bits per heavy atom. The summed E-state index contributed by atoms with van der Waals surface area (Å²) >= 11 is 1.28. The SMILES string of the molecule is Cc1noc(-c2ccc(C(=O)Nc3nc(-c4cccc(F)c4)cs3)cc2)n1. The van der Waals surface area contributed by atoms with E-state index in [1.54, 1.807) is 48.7 Å². The van der Waals surface area contributed by atoms with Crippen LogP contribution in [0, 0.1) is 12.7 Å². The lowest BCUT2D eigenvalue weighted by Gasteiger charge is -2.02. The smallest absolute Gasteiger partial charge is 0.257 e. The Hall–Kier alpha value is -3.39. The number of aryl methyl sites for hydroxylation is 1. The molecule has 0 radical (unpaired) electrons. The molecule has 134 valence electrons. The van der Waals surface area contributed by atoms with Crippen molar-refractivity contribution in [3.05, 3.63) is 71.1 Å². The van der Waals surface area contributed by atoms with E-state index in [-0.39, 0.29) is 11.7 Å². The second-order valence-corrected chi connectivity index (χ2v) is 6.58. The fourth-order valence-corrected chi connectivity index (χ4v) is 3.17. The van der Waals surface area contributed by atoms with E-state index in [2.05, 4.69) is 20.4 Å². The van der Waals surface area contributed by atoms with Crippen molar-refractivity contribution in [3.63, 3.8) is 0 Å². The highest BCUT2D eigenvalue weighted by Crippen LogP contribution is 2.26. The molecular formula is C19H13FN4O2S. The highest BCUT2D eigenvalue weighted by Gasteiger charge is 2.12. The van der Waals surface area contributed by atoms with Crippen LogP contribution in [-0.2, 0) is 0 Å². The Kier molecular flexibility index (Phi) is 4.47. The number of benzene rings is 2. The average Bonchev–Trinajstić information content (AvgIpc) is 3.31. The van der Waals surface area contributed by atoms with Crippen molar-refractivity contribution in [1.82, 2.24) is 15.1 Å². The summed E-state index contributed by atoms with van der Waals surface area (Å²) in [4.78, 5) is 20.9. The van der Waals surface area contributed by atoms with Crippen LogP contribution in [0.1, 0.15) is 16.2 Å². The van der Waals surface area contributed by atoms with Crippen LogP contribution in [0.4, 0.5) is 9.52 Å². The Morgan fingerprint density at radius 1 is 1.11 bits per heavy atom. The molecule has 27 heavy (non-hydrogen) atoms. The lowest BCUT2D eigenvalue weighted by molar-refractivity contribution is 0.102. The van der Waals surface area contributed by atoms with Crippen molar-refractivity contribution < 1.29 is 13.7 Å². The van der Waals surface area contributed by atoms with Crippen LogP contribution in [-0.4, -0.2) is 21.0 Å². The summed E-state index contributed by atoms with van der Waals surface area (Å²) in [6.07, 6.45) is 0. The molecule has 1 N–H and O–H groups in total. The number of carbonyl (C=O) groups excluding carboxylic acids is 1. The molecule has 8 heteroatoms. The van der Waals surface area contributed by atoms with Crippen LogP contribution in [0.3, 0.4) is 0 Å². The van der Waals surface area contributed by atoms with Crippen molar-refractivity contribution >= 4 is 22.4 Å². The van der Waals surface area contributed by atoms with Crippen LogP contribution in [0.5, 0.6) is 0 Å². The van der Waals surface area contributed by atoms with Crippen molar-refractivity contribution in [2.75, 3.05) is 5.32 Å². The number of halogens is 1. The lowest BCUT2D eigenvalue weighted by atomic mass is 10.1. The molecule has 0 aliphatic rings. The molecule has 0 bridgehead atoms. The van der Waals surface area contributed by atoms with Gasteiger partial charge in [-0.05, 0) is 43.3 Å². The van der Waals surface area contributed by atoms with Gasteiger partial charge >= 0.3 is 0 Å². The molecule has 6 nitrogen and oxygen atoms in total. The van der Waals surface area contributed by atoms with Gasteiger partial charge in [0.05, 0.1) is 5.69 Å². The maximum absolute atomic E-state index is 13.3. The van der Waals surface area contributed by atoms with E-state index in [0.717, 1.165) is 5.56 Å². The minimum absolute atomic E-state index is 0.289. The van der Waals surface area contributed by atoms with Gasteiger partial charge in [-0.2, -0.15) is 4.98 Å². The van der Waals surface area contributed by atoms with Crippen molar-refractivity contribution in [2.45, 2.75) is 6.92 Å². The van der Waals surface area contributed by atoms with Gasteiger partial charge in [0.25, 0.3) is 11.8 Å². The number of hydrogen-bond acceptors (Lipinski definition) is 6. The summed E-state index contributed by atoms with van der Waals surface area (Å²) in [6, 6.07) is 13.0. The average molecular weight is 380 g/mol. The first-order valence-electron chi connectivity index (χ1n) is 8.02. The molecule has 0 saturated heterocycles. The summed E-state index contributed by atoms with van der Waals surface area (Å²) in [6.45, 7) is 1.74. The van der Waals surface area contributed by atoms with E-state index in [0.29, 0.717) is 33.7 Å². The number of anilines is 1. The first-order valence-corrected chi connectivity index (χ1v) is 8.90. The molecule has 0 aliphatic carbocycles. The minimum Gasteiger partial charge on any atom is -0.334 e. The number of aromatic nitrogens is 3. The largest absolute Gasteiger partial charge is 0.334 e. The van der Waals surface area contributed by atoms with E-state index >= 15 is 0 Å². The number of amides is 1. The summed E-state index contributed by atoms with van der Waals surface area (Å²) in [5.74, 6) is 0.329. The van der Waals surface area contributed by atoms with Gasteiger partial charge in [-0.1, -0.05) is 17.3 Å². The van der Waals surface area contributed by atoms with Crippen LogP contribution in [0.25, 0.3) is 22.7 Å². The van der Waals surface area contributed by atoms with Gasteiger partial charge in [0, 0.05) is 22.1 Å². The van der Waals surface area contributed by atoms with Crippen LogP contribution >= 0.6 is 11.3 Å². The fraction of sp³-hybridized carbons (Fsp3) is 0.0526. The van der Waals surface area contributed by atoms with Crippen molar-refractivity contribution in [2.24, 2.45) is 0 Å². The lowest BCUT2D eigenvalue weighted by Crippen LogP contribution is -2.11. The van der Waals surface area contributed by atoms with Crippen LogP contribution in [0.15, 0.2) is 58.4 Å². The Labute approximate surface area is 157 Å². The summed E-state index contributed by atoms with van der Waals surface area (Å²) in [5.41, 5.74) is 2.47. The zero-order valence-electron chi connectivity index (χ0n) is 14.1. The molecule has 2 aromatic heterocycles. The topological polar surface area (TPSA) is 80.9 Å². The molecule has 0 fully saturated rings. The van der Waals surface area contributed by atoms with Gasteiger partial charge in [0.1, 0.15) is 5.82 Å². The zero-order valence-corrected chi connectivity index (χ0v) is 15.0. The first kappa shape index (κ1) is 17.0. The fourth-order valence-electron chi connectivity index (χ4n) is 2.46. The quantitative estimate of drug-likeness (QED) is 0.561. The van der Waals surface area contributed by atoms with E-state index < -0.39 is 0 Å². The minimum atomic E-state index is -0.331. The molecule has 0 aliphatic heterocycles. The van der Waals surface area contributed by atoms with Gasteiger partial charge < -0.3 is 4.52 Å². The maximum atomic E-state index is 13.3. The van der Waals surface area contributed by atoms with E-state index in [4.69, 9.17) is 4.52 Å². The van der Waals surface area contributed by atoms with Gasteiger partial charge in [-0.25, -0.2) is 9.37 Å². The van der Waals surface area contributed by atoms with E-state index in [9.17, 15) is 9.18 Å². The third-order valence-electron chi connectivity index (χ3n) is 3.77. The van der Waals surface area contributed by atoms with Gasteiger partial charge in [0.2, 0.25) is 0 Å². The van der Waals surface area contributed by atoms with E-state index in [1.165, 1.54) is 23.5 Å². The predicted molar refractivity (Wildman–Crippen MR) is 99.9 cm³/mol. The number of rotatable bonds is 4. The molecule has 0 unspecified atom stereocenters. The molecular weight excluding hydrogens is 367 g/mol. The van der Waals surface area contributed by atoms with Gasteiger partial charge in [-0.15, -0.1) is 11.3 Å².